The van der Waals surface area contributed by atoms with Gasteiger partial charge in [0.05, 0.1) is 15.6 Å². The maximum Gasteiger partial charge on any atom is 0.331 e. The molecule has 0 saturated heterocycles. The number of nitrogens with one attached hydrogen (secondary N) is 1. The number of non-ortho nitro benzene ring substituents is 1. The molecule has 0 saturated carbocycles. The van der Waals surface area contributed by atoms with Gasteiger partial charge in [0.25, 0.3) is 11.6 Å². The molecule has 0 aliphatic rings. The van der Waals surface area contributed by atoms with Gasteiger partial charge in [0.1, 0.15) is 0 Å². The summed E-state index contributed by atoms with van der Waals surface area (Å²) in [6.07, 6.45) is 1.76. The Morgan fingerprint density at radius 3 is 2.76 bits per heavy atom. The number of nitro groups is 1. The van der Waals surface area contributed by atoms with Gasteiger partial charge in [-0.15, -0.1) is 11.3 Å². The summed E-state index contributed by atoms with van der Waals surface area (Å²) in [7, 11) is 0. The van der Waals surface area contributed by atoms with Gasteiger partial charge in [-0.1, -0.05) is 17.7 Å². The fraction of sp³-hybridized carbons (Fsp3) is 0.125. The third-order valence-corrected chi connectivity index (χ3v) is 4.16. The van der Waals surface area contributed by atoms with Crippen LogP contribution in [0, 0.1) is 10.1 Å². The average Bonchev–Trinajstić information content (AvgIpc) is 3.08. The van der Waals surface area contributed by atoms with Gasteiger partial charge in [-0.2, -0.15) is 0 Å². The van der Waals surface area contributed by atoms with E-state index >= 15 is 0 Å². The van der Waals surface area contributed by atoms with Crippen molar-refractivity contribution in [1.29, 1.82) is 0 Å². The molecule has 1 aromatic carbocycles. The van der Waals surface area contributed by atoms with Gasteiger partial charge in [-0.05, 0) is 30.5 Å². The van der Waals surface area contributed by atoms with Crippen LogP contribution in [0.3, 0.4) is 0 Å². The van der Waals surface area contributed by atoms with E-state index in [1.54, 1.807) is 6.08 Å². The van der Waals surface area contributed by atoms with Crippen LogP contribution in [0.5, 0.6) is 0 Å². The molecule has 1 N–H and O–H groups in total. The molecule has 25 heavy (non-hydrogen) atoms. The van der Waals surface area contributed by atoms with Gasteiger partial charge in [0, 0.05) is 23.1 Å². The normalized spacial score (nSPS) is 11.9. The van der Waals surface area contributed by atoms with Crippen molar-refractivity contribution in [3.63, 3.8) is 0 Å². The van der Waals surface area contributed by atoms with E-state index in [1.807, 2.05) is 17.5 Å². The van der Waals surface area contributed by atoms with Crippen LogP contribution in [-0.4, -0.2) is 22.9 Å². The summed E-state index contributed by atoms with van der Waals surface area (Å²) in [5.41, 5.74) is -0.00418. The Bertz CT molecular complexity index is 820. The van der Waals surface area contributed by atoms with E-state index < -0.39 is 22.9 Å². The molecule has 1 unspecified atom stereocenters. The van der Waals surface area contributed by atoms with Crippen molar-refractivity contribution < 1.29 is 19.2 Å². The van der Waals surface area contributed by atoms with Gasteiger partial charge < -0.3 is 10.1 Å². The van der Waals surface area contributed by atoms with Gasteiger partial charge in [0.2, 0.25) is 0 Å². The molecule has 0 radical (unpaired) electrons. The highest BCUT2D eigenvalue weighted by atomic mass is 35.5. The molecule has 0 spiro atoms. The second-order valence-electron chi connectivity index (χ2n) is 4.84. The number of carbonyl (C=O) groups excluding carboxylic acids is 2. The summed E-state index contributed by atoms with van der Waals surface area (Å²) in [5.74, 6) is -1.26. The maximum atomic E-state index is 12.0. The van der Waals surface area contributed by atoms with Crippen molar-refractivity contribution in [3.8, 4) is 0 Å². The van der Waals surface area contributed by atoms with E-state index in [-0.39, 0.29) is 16.4 Å². The number of carbonyl (C=O) groups is 2. The quantitative estimate of drug-likeness (QED) is 0.354. The summed E-state index contributed by atoms with van der Waals surface area (Å²) in [4.78, 5) is 34.7. The smallest absolute Gasteiger partial charge is 0.331 e. The Labute approximate surface area is 152 Å². The number of halogens is 1. The number of hydrogen-bond donors (Lipinski definition) is 1. The number of ether oxygens (including phenoxy) is 1. The minimum atomic E-state index is -1.06. The van der Waals surface area contributed by atoms with Crippen molar-refractivity contribution in [1.82, 2.24) is 0 Å². The van der Waals surface area contributed by atoms with Crippen LogP contribution in [-0.2, 0) is 14.3 Å². The minimum absolute atomic E-state index is 0.0127. The van der Waals surface area contributed by atoms with Crippen LogP contribution in [0.4, 0.5) is 11.4 Å². The summed E-state index contributed by atoms with van der Waals surface area (Å²) < 4.78 is 5.00. The molecule has 1 heterocycles. The monoisotopic (exact) mass is 380 g/mol. The SMILES string of the molecule is CC(OC(=O)/C=C/c1cccs1)C(=O)Nc1ccc([N+](=O)[O-])cc1Cl. The lowest BCUT2D eigenvalue weighted by Crippen LogP contribution is -2.29. The van der Waals surface area contributed by atoms with E-state index in [0.29, 0.717) is 0 Å². The highest BCUT2D eigenvalue weighted by Gasteiger charge is 2.18. The molecule has 2 aromatic rings. The van der Waals surface area contributed by atoms with Crippen LogP contribution in [0.25, 0.3) is 6.08 Å². The van der Waals surface area contributed by atoms with Crippen molar-refractivity contribution in [2.45, 2.75) is 13.0 Å². The van der Waals surface area contributed by atoms with E-state index in [1.165, 1.54) is 36.5 Å². The van der Waals surface area contributed by atoms with Gasteiger partial charge in [-0.3, -0.25) is 14.9 Å². The molecular formula is C16H13ClN2O5S. The molecule has 0 fully saturated rings. The topological polar surface area (TPSA) is 98.5 Å². The molecule has 1 aromatic heterocycles. The number of nitro benzene ring substituents is 1. The zero-order valence-electron chi connectivity index (χ0n) is 13.0. The molecule has 9 heteroatoms. The highest BCUT2D eigenvalue weighted by Crippen LogP contribution is 2.26. The number of hydrogen-bond acceptors (Lipinski definition) is 6. The predicted molar refractivity (Wildman–Crippen MR) is 95.6 cm³/mol. The Balaban J connectivity index is 1.93. The lowest BCUT2D eigenvalue weighted by Gasteiger charge is -2.13. The lowest BCUT2D eigenvalue weighted by molar-refractivity contribution is -0.384. The first-order chi connectivity index (χ1) is 11.9. The molecule has 130 valence electrons. The molecule has 1 atom stereocenters. The van der Waals surface area contributed by atoms with Gasteiger partial charge in [-0.25, -0.2) is 4.79 Å². The number of benzene rings is 1. The summed E-state index contributed by atoms with van der Waals surface area (Å²) in [6.45, 7) is 1.41. The Morgan fingerprint density at radius 1 is 1.40 bits per heavy atom. The Morgan fingerprint density at radius 2 is 2.16 bits per heavy atom. The molecule has 0 bridgehead atoms. The van der Waals surface area contributed by atoms with Gasteiger partial charge in [0.15, 0.2) is 6.10 Å². The van der Waals surface area contributed by atoms with E-state index in [4.69, 9.17) is 16.3 Å². The molecule has 0 aliphatic heterocycles. The van der Waals surface area contributed by atoms with E-state index in [9.17, 15) is 19.7 Å². The van der Waals surface area contributed by atoms with E-state index in [2.05, 4.69) is 5.32 Å². The van der Waals surface area contributed by atoms with Crippen molar-refractivity contribution in [2.75, 3.05) is 5.32 Å². The molecule has 1 amide bonds. The largest absolute Gasteiger partial charge is 0.449 e. The van der Waals surface area contributed by atoms with Crippen LogP contribution in [0.1, 0.15) is 11.8 Å². The zero-order chi connectivity index (χ0) is 18.4. The highest BCUT2D eigenvalue weighted by molar-refractivity contribution is 7.10. The van der Waals surface area contributed by atoms with Crippen LogP contribution < -0.4 is 5.32 Å². The molecular weight excluding hydrogens is 368 g/mol. The van der Waals surface area contributed by atoms with Gasteiger partial charge >= 0.3 is 5.97 Å². The number of thiophene rings is 1. The van der Waals surface area contributed by atoms with Crippen LogP contribution in [0.2, 0.25) is 5.02 Å². The fourth-order valence-electron chi connectivity index (χ4n) is 1.76. The molecule has 2 rings (SSSR count). The first-order valence-corrected chi connectivity index (χ1v) is 8.29. The number of esters is 1. The first kappa shape index (κ1) is 18.6. The Kier molecular flexibility index (Phi) is 6.26. The van der Waals surface area contributed by atoms with Crippen LogP contribution >= 0.6 is 22.9 Å². The molecule has 0 aliphatic carbocycles. The number of rotatable bonds is 6. The number of nitrogens with zero attached hydrogens (tertiary/aromatic N) is 1. The second kappa shape index (κ2) is 8.41. The van der Waals surface area contributed by atoms with Crippen molar-refractivity contribution in [3.05, 3.63) is 61.8 Å². The molecule has 7 nitrogen and oxygen atoms in total. The average molecular weight is 381 g/mol. The fourth-order valence-corrected chi connectivity index (χ4v) is 2.60. The van der Waals surface area contributed by atoms with Crippen molar-refractivity contribution in [2.24, 2.45) is 0 Å². The number of amides is 1. The maximum absolute atomic E-state index is 12.0. The third kappa shape index (κ3) is 5.40. The van der Waals surface area contributed by atoms with Crippen molar-refractivity contribution >= 4 is 52.3 Å². The van der Waals surface area contributed by atoms with Crippen LogP contribution in [0.15, 0.2) is 41.8 Å². The van der Waals surface area contributed by atoms with E-state index in [0.717, 1.165) is 10.9 Å². The predicted octanol–water partition coefficient (Wildman–Crippen LogP) is 3.89. The Hall–Kier alpha value is -2.71. The standard InChI is InChI=1S/C16H13ClN2O5S/c1-10(24-15(20)7-5-12-3-2-8-25-12)16(21)18-14-6-4-11(19(22)23)9-13(14)17/h2-10H,1H3,(H,18,21)/b7-5+. The number of anilines is 1. The second-order valence-corrected chi connectivity index (χ2v) is 6.22. The zero-order valence-corrected chi connectivity index (χ0v) is 14.5. The third-order valence-electron chi connectivity index (χ3n) is 3.01. The first-order valence-electron chi connectivity index (χ1n) is 7.04. The lowest BCUT2D eigenvalue weighted by atomic mass is 10.2. The summed E-state index contributed by atoms with van der Waals surface area (Å²) >= 11 is 7.36. The summed E-state index contributed by atoms with van der Waals surface area (Å²) in [6, 6.07) is 7.32. The minimum Gasteiger partial charge on any atom is -0.449 e. The summed E-state index contributed by atoms with van der Waals surface area (Å²) in [5, 5.41) is 15.0.